The van der Waals surface area contributed by atoms with Gasteiger partial charge in [-0.15, -0.1) is 0 Å². The van der Waals surface area contributed by atoms with E-state index in [9.17, 15) is 4.79 Å². The molecule has 0 heterocycles. The van der Waals surface area contributed by atoms with Crippen LogP contribution in [0.4, 0.5) is 0 Å². The fourth-order valence-electron chi connectivity index (χ4n) is 3.49. The molecule has 0 atom stereocenters. The second-order valence-electron chi connectivity index (χ2n) is 6.46. The number of benzene rings is 2. The predicted octanol–water partition coefficient (Wildman–Crippen LogP) is 4.93. The fraction of sp³-hybridized carbons (Fsp3) is 0.450. The lowest BCUT2D eigenvalue weighted by Crippen LogP contribution is -2.24. The molecule has 22 heavy (non-hydrogen) atoms. The van der Waals surface area contributed by atoms with E-state index in [2.05, 4.69) is 11.4 Å². The lowest BCUT2D eigenvalue weighted by Gasteiger charge is -2.09. The zero-order valence-electron chi connectivity index (χ0n) is 13.2. The van der Waals surface area contributed by atoms with E-state index in [-0.39, 0.29) is 5.91 Å². The minimum atomic E-state index is 0.0478. The molecule has 0 saturated heterocycles. The van der Waals surface area contributed by atoms with Crippen molar-refractivity contribution in [1.29, 1.82) is 0 Å². The largest absolute Gasteiger partial charge is 0.352 e. The summed E-state index contributed by atoms with van der Waals surface area (Å²) in [5.41, 5.74) is 0.759. The number of unbranched alkanes of at least 4 members (excludes halogenated alkanes) is 1. The van der Waals surface area contributed by atoms with Crippen LogP contribution in [0.1, 0.15) is 55.3 Å². The van der Waals surface area contributed by atoms with E-state index in [1.807, 2.05) is 36.4 Å². The summed E-state index contributed by atoms with van der Waals surface area (Å²) in [6.45, 7) is 0.790. The highest BCUT2D eigenvalue weighted by molar-refractivity contribution is 5.98. The summed E-state index contributed by atoms with van der Waals surface area (Å²) in [6, 6.07) is 14.1. The van der Waals surface area contributed by atoms with Crippen LogP contribution in [0.5, 0.6) is 0 Å². The molecule has 1 N–H and O–H groups in total. The second kappa shape index (κ2) is 7.44. The molecule has 1 aliphatic carbocycles. The predicted molar refractivity (Wildman–Crippen MR) is 92.1 cm³/mol. The summed E-state index contributed by atoms with van der Waals surface area (Å²) in [7, 11) is 0. The number of carbonyl (C=O) groups excluding carboxylic acids is 1. The van der Waals surface area contributed by atoms with Crippen molar-refractivity contribution in [2.45, 2.75) is 44.9 Å². The molecule has 2 aromatic rings. The van der Waals surface area contributed by atoms with E-state index in [4.69, 9.17) is 0 Å². The molecular formula is C20H25NO. The van der Waals surface area contributed by atoms with Crippen LogP contribution in [0.15, 0.2) is 42.5 Å². The molecule has 0 radical (unpaired) electrons. The molecule has 2 heteroatoms. The van der Waals surface area contributed by atoms with Gasteiger partial charge in [-0.25, -0.2) is 0 Å². The van der Waals surface area contributed by atoms with Gasteiger partial charge in [-0.3, -0.25) is 4.79 Å². The summed E-state index contributed by atoms with van der Waals surface area (Å²) >= 11 is 0. The molecule has 0 aromatic heterocycles. The molecule has 0 spiro atoms. The third kappa shape index (κ3) is 3.88. The first kappa shape index (κ1) is 15.1. The summed E-state index contributed by atoms with van der Waals surface area (Å²) in [6.07, 6.45) is 9.35. The van der Waals surface area contributed by atoms with Gasteiger partial charge in [0.05, 0.1) is 0 Å². The molecule has 116 valence electrons. The third-order valence-corrected chi connectivity index (χ3v) is 4.81. The van der Waals surface area contributed by atoms with Crippen molar-refractivity contribution in [3.8, 4) is 0 Å². The molecule has 3 rings (SSSR count). The SMILES string of the molecule is O=C(NCCCCC1CCCC1)c1ccc2ccccc2c1. The van der Waals surface area contributed by atoms with Gasteiger partial charge in [-0.1, -0.05) is 68.9 Å². The Kier molecular flexibility index (Phi) is 5.10. The first-order chi connectivity index (χ1) is 10.8. The Labute approximate surface area is 132 Å². The number of carbonyl (C=O) groups is 1. The highest BCUT2D eigenvalue weighted by atomic mass is 16.1. The minimum absolute atomic E-state index is 0.0478. The highest BCUT2D eigenvalue weighted by Gasteiger charge is 2.14. The minimum Gasteiger partial charge on any atom is -0.352 e. The van der Waals surface area contributed by atoms with Crippen LogP contribution in [0.25, 0.3) is 10.8 Å². The van der Waals surface area contributed by atoms with Crippen molar-refractivity contribution in [3.05, 3.63) is 48.0 Å². The Hall–Kier alpha value is -1.83. The normalized spacial score (nSPS) is 15.3. The average molecular weight is 295 g/mol. The smallest absolute Gasteiger partial charge is 0.251 e. The quantitative estimate of drug-likeness (QED) is 0.752. The van der Waals surface area contributed by atoms with Gasteiger partial charge in [0.2, 0.25) is 0 Å². The van der Waals surface area contributed by atoms with Gasteiger partial charge in [0.1, 0.15) is 0 Å². The van der Waals surface area contributed by atoms with Gasteiger partial charge in [-0.05, 0) is 35.2 Å². The molecule has 0 aliphatic heterocycles. The summed E-state index contributed by atoms with van der Waals surface area (Å²) in [5, 5.41) is 5.35. The number of nitrogens with one attached hydrogen (secondary N) is 1. The van der Waals surface area contributed by atoms with Crippen molar-refractivity contribution >= 4 is 16.7 Å². The molecule has 1 saturated carbocycles. The van der Waals surface area contributed by atoms with Gasteiger partial charge >= 0.3 is 0 Å². The zero-order valence-corrected chi connectivity index (χ0v) is 13.2. The molecule has 1 fully saturated rings. The first-order valence-electron chi connectivity index (χ1n) is 8.60. The number of amides is 1. The van der Waals surface area contributed by atoms with E-state index in [1.54, 1.807) is 0 Å². The maximum absolute atomic E-state index is 12.2. The van der Waals surface area contributed by atoms with Crippen LogP contribution in [0, 0.1) is 5.92 Å². The number of fused-ring (bicyclic) bond motifs is 1. The van der Waals surface area contributed by atoms with E-state index >= 15 is 0 Å². The summed E-state index contributed by atoms with van der Waals surface area (Å²) in [4.78, 5) is 12.2. The number of rotatable bonds is 6. The Balaban J connectivity index is 1.44. The van der Waals surface area contributed by atoms with E-state index in [0.29, 0.717) is 0 Å². The van der Waals surface area contributed by atoms with E-state index in [0.717, 1.165) is 29.8 Å². The zero-order chi connectivity index (χ0) is 15.2. The van der Waals surface area contributed by atoms with Crippen LogP contribution in [0.3, 0.4) is 0 Å². The van der Waals surface area contributed by atoms with Crippen LogP contribution in [-0.2, 0) is 0 Å². The maximum Gasteiger partial charge on any atom is 0.251 e. The van der Waals surface area contributed by atoms with Crippen LogP contribution >= 0.6 is 0 Å². The number of hydrogen-bond donors (Lipinski definition) is 1. The molecule has 2 aromatic carbocycles. The molecular weight excluding hydrogens is 270 g/mol. The second-order valence-corrected chi connectivity index (χ2v) is 6.46. The fourth-order valence-corrected chi connectivity index (χ4v) is 3.49. The number of hydrogen-bond acceptors (Lipinski definition) is 1. The van der Waals surface area contributed by atoms with E-state index in [1.165, 1.54) is 43.9 Å². The maximum atomic E-state index is 12.2. The van der Waals surface area contributed by atoms with Crippen LogP contribution < -0.4 is 5.32 Å². The Bertz CT molecular complexity index is 628. The van der Waals surface area contributed by atoms with Crippen molar-refractivity contribution in [2.75, 3.05) is 6.54 Å². The monoisotopic (exact) mass is 295 g/mol. The third-order valence-electron chi connectivity index (χ3n) is 4.81. The van der Waals surface area contributed by atoms with Gasteiger partial charge in [0, 0.05) is 12.1 Å². The van der Waals surface area contributed by atoms with Crippen LogP contribution in [-0.4, -0.2) is 12.5 Å². The standard InChI is InChI=1S/C20H25NO/c22-20(21-14-6-5-9-16-7-1-2-8-16)19-13-12-17-10-3-4-11-18(17)15-19/h3-4,10-13,15-16H,1-2,5-9,14H2,(H,21,22). The highest BCUT2D eigenvalue weighted by Crippen LogP contribution is 2.28. The topological polar surface area (TPSA) is 29.1 Å². The van der Waals surface area contributed by atoms with Crippen molar-refractivity contribution in [3.63, 3.8) is 0 Å². The molecule has 1 aliphatic rings. The van der Waals surface area contributed by atoms with Gasteiger partial charge < -0.3 is 5.32 Å². The van der Waals surface area contributed by atoms with Crippen LogP contribution in [0.2, 0.25) is 0 Å². The van der Waals surface area contributed by atoms with Gasteiger partial charge in [0.25, 0.3) is 5.91 Å². The first-order valence-corrected chi connectivity index (χ1v) is 8.60. The van der Waals surface area contributed by atoms with E-state index < -0.39 is 0 Å². The lowest BCUT2D eigenvalue weighted by atomic mass is 10.0. The van der Waals surface area contributed by atoms with Crippen molar-refractivity contribution in [2.24, 2.45) is 5.92 Å². The molecule has 0 bridgehead atoms. The van der Waals surface area contributed by atoms with Gasteiger partial charge in [-0.2, -0.15) is 0 Å². The summed E-state index contributed by atoms with van der Waals surface area (Å²) in [5.74, 6) is 1.00. The molecule has 2 nitrogen and oxygen atoms in total. The summed E-state index contributed by atoms with van der Waals surface area (Å²) < 4.78 is 0. The Morgan fingerprint density at radius 3 is 2.59 bits per heavy atom. The Morgan fingerprint density at radius 1 is 1.00 bits per heavy atom. The van der Waals surface area contributed by atoms with Crippen molar-refractivity contribution in [1.82, 2.24) is 5.32 Å². The Morgan fingerprint density at radius 2 is 1.77 bits per heavy atom. The molecule has 0 unspecified atom stereocenters. The average Bonchev–Trinajstić information content (AvgIpc) is 3.07. The van der Waals surface area contributed by atoms with Crippen molar-refractivity contribution < 1.29 is 4.79 Å². The molecule has 1 amide bonds. The van der Waals surface area contributed by atoms with Gasteiger partial charge in [0.15, 0.2) is 0 Å². The lowest BCUT2D eigenvalue weighted by molar-refractivity contribution is 0.0953.